The van der Waals surface area contributed by atoms with Crippen LogP contribution in [0.5, 0.6) is 0 Å². The molecule has 0 aromatic heterocycles. The molecular weight excluding hydrogens is 274 g/mol. The number of hydrogen-bond acceptors (Lipinski definition) is 3. The maximum absolute atomic E-state index is 11.1. The number of aliphatic hydroxyl groups excluding tert-OH is 2. The van der Waals surface area contributed by atoms with Gasteiger partial charge in [0.25, 0.3) is 0 Å². The average Bonchev–Trinajstić information content (AvgIpc) is 2.75. The van der Waals surface area contributed by atoms with E-state index in [-0.39, 0.29) is 29.1 Å². The van der Waals surface area contributed by atoms with Crippen molar-refractivity contribution < 1.29 is 10.2 Å². The topological polar surface area (TPSA) is 66.5 Å². The van der Waals surface area contributed by atoms with E-state index >= 15 is 0 Å². The standard InChI is InChI=1S/C19H33NO2/c1-18-8-7-12(21)9-11(18)3-4-13-14-5-6-16(20)19(14,2)10-15(22)17(13)18/h11-17,21-22H,3-10,20H2,1-2H3/t11?,12-,13-,14-,15-,16?,17+,18-,19-/m0/s1. The molecule has 4 saturated carbocycles. The van der Waals surface area contributed by atoms with Gasteiger partial charge in [0.05, 0.1) is 12.2 Å². The van der Waals surface area contributed by atoms with Gasteiger partial charge in [0.2, 0.25) is 0 Å². The molecule has 0 aliphatic heterocycles. The Hall–Kier alpha value is -0.120. The largest absolute Gasteiger partial charge is 0.393 e. The molecule has 4 aliphatic rings. The Morgan fingerprint density at radius 2 is 1.73 bits per heavy atom. The fraction of sp³-hybridized carbons (Fsp3) is 1.00. The van der Waals surface area contributed by atoms with E-state index in [0.717, 1.165) is 32.1 Å². The molecule has 0 aromatic rings. The minimum atomic E-state index is -0.196. The number of nitrogens with two attached hydrogens (primary N) is 1. The fourth-order valence-electron chi connectivity index (χ4n) is 7.40. The average molecular weight is 307 g/mol. The highest BCUT2D eigenvalue weighted by Crippen LogP contribution is 2.65. The summed E-state index contributed by atoms with van der Waals surface area (Å²) in [5.74, 6) is 2.40. The Labute approximate surface area is 134 Å². The fourth-order valence-corrected chi connectivity index (χ4v) is 7.40. The van der Waals surface area contributed by atoms with Gasteiger partial charge in [-0.2, -0.15) is 0 Å². The predicted molar refractivity (Wildman–Crippen MR) is 87.1 cm³/mol. The van der Waals surface area contributed by atoms with Crippen molar-refractivity contribution in [3.05, 3.63) is 0 Å². The second-order valence-corrected chi connectivity index (χ2v) is 9.47. The minimum absolute atomic E-state index is 0.111. The number of hydrogen-bond donors (Lipinski definition) is 3. The Morgan fingerprint density at radius 1 is 0.955 bits per heavy atom. The lowest BCUT2D eigenvalue weighted by Crippen LogP contribution is -2.60. The quantitative estimate of drug-likeness (QED) is 0.644. The molecule has 4 rings (SSSR count). The summed E-state index contributed by atoms with van der Waals surface area (Å²) in [5.41, 5.74) is 6.83. The van der Waals surface area contributed by atoms with Crippen LogP contribution in [0, 0.1) is 34.5 Å². The van der Waals surface area contributed by atoms with E-state index in [1.54, 1.807) is 0 Å². The van der Waals surface area contributed by atoms with Crippen LogP contribution in [0.4, 0.5) is 0 Å². The Kier molecular flexibility index (Phi) is 3.46. The molecule has 4 aliphatic carbocycles. The highest BCUT2D eigenvalue weighted by atomic mass is 16.3. The van der Waals surface area contributed by atoms with Gasteiger partial charge in [0.1, 0.15) is 0 Å². The number of fused-ring (bicyclic) bond motifs is 5. The molecule has 0 radical (unpaired) electrons. The predicted octanol–water partition coefficient (Wildman–Crippen LogP) is 2.69. The third-order valence-electron chi connectivity index (χ3n) is 8.64. The summed E-state index contributed by atoms with van der Waals surface area (Å²) in [4.78, 5) is 0. The summed E-state index contributed by atoms with van der Waals surface area (Å²) in [6.45, 7) is 4.76. The summed E-state index contributed by atoms with van der Waals surface area (Å²) in [5, 5.41) is 21.2. The Balaban J connectivity index is 1.68. The van der Waals surface area contributed by atoms with Crippen LogP contribution in [-0.2, 0) is 0 Å². The second kappa shape index (κ2) is 4.94. The molecule has 4 N–H and O–H groups in total. The molecule has 0 saturated heterocycles. The molecule has 126 valence electrons. The van der Waals surface area contributed by atoms with E-state index in [2.05, 4.69) is 13.8 Å². The highest BCUT2D eigenvalue weighted by molar-refractivity contribution is 5.12. The number of aliphatic hydroxyl groups is 2. The maximum atomic E-state index is 11.1. The van der Waals surface area contributed by atoms with Crippen molar-refractivity contribution in [2.24, 2.45) is 40.2 Å². The maximum Gasteiger partial charge on any atom is 0.0582 e. The molecular formula is C19H33NO2. The minimum Gasteiger partial charge on any atom is -0.393 e. The number of rotatable bonds is 0. The van der Waals surface area contributed by atoms with E-state index < -0.39 is 0 Å². The SMILES string of the molecule is C[C@]12CC[C@H](O)CC1CC[C@@H]1[C@@H]2[C@@H](O)C[C@]2(C)C(N)CC[C@@H]12. The van der Waals surface area contributed by atoms with Crippen LogP contribution < -0.4 is 5.73 Å². The molecule has 0 spiro atoms. The van der Waals surface area contributed by atoms with Crippen molar-refractivity contribution in [2.75, 3.05) is 0 Å². The molecule has 3 nitrogen and oxygen atoms in total. The van der Waals surface area contributed by atoms with Gasteiger partial charge in [0.15, 0.2) is 0 Å². The van der Waals surface area contributed by atoms with E-state index in [1.165, 1.54) is 19.3 Å². The van der Waals surface area contributed by atoms with Crippen LogP contribution in [0.3, 0.4) is 0 Å². The van der Waals surface area contributed by atoms with Gasteiger partial charge >= 0.3 is 0 Å². The Bertz CT molecular complexity index is 455. The molecule has 22 heavy (non-hydrogen) atoms. The summed E-state index contributed by atoms with van der Waals surface area (Å²) < 4.78 is 0. The van der Waals surface area contributed by atoms with Crippen molar-refractivity contribution in [1.82, 2.24) is 0 Å². The van der Waals surface area contributed by atoms with Crippen LogP contribution in [0.1, 0.15) is 65.2 Å². The normalized spacial score (nSPS) is 61.2. The van der Waals surface area contributed by atoms with Gasteiger partial charge in [0, 0.05) is 6.04 Å². The zero-order valence-electron chi connectivity index (χ0n) is 14.2. The highest BCUT2D eigenvalue weighted by Gasteiger charge is 2.62. The first-order valence-electron chi connectivity index (χ1n) is 9.48. The van der Waals surface area contributed by atoms with Crippen LogP contribution in [-0.4, -0.2) is 28.5 Å². The molecule has 0 bridgehead atoms. The molecule has 0 amide bonds. The molecule has 3 heteroatoms. The van der Waals surface area contributed by atoms with Crippen molar-refractivity contribution in [3.63, 3.8) is 0 Å². The van der Waals surface area contributed by atoms with E-state index in [0.29, 0.717) is 23.7 Å². The van der Waals surface area contributed by atoms with E-state index in [9.17, 15) is 10.2 Å². The van der Waals surface area contributed by atoms with Gasteiger partial charge in [-0.15, -0.1) is 0 Å². The Morgan fingerprint density at radius 3 is 2.50 bits per heavy atom. The van der Waals surface area contributed by atoms with Crippen molar-refractivity contribution in [3.8, 4) is 0 Å². The zero-order chi connectivity index (χ0) is 15.7. The monoisotopic (exact) mass is 307 g/mol. The van der Waals surface area contributed by atoms with E-state index in [1.807, 2.05) is 0 Å². The van der Waals surface area contributed by atoms with Gasteiger partial charge in [-0.05, 0) is 85.9 Å². The lowest BCUT2D eigenvalue weighted by molar-refractivity contribution is -0.173. The summed E-state index contributed by atoms with van der Waals surface area (Å²) in [6.07, 6.45) is 8.42. The summed E-state index contributed by atoms with van der Waals surface area (Å²) >= 11 is 0. The third kappa shape index (κ3) is 1.91. The third-order valence-corrected chi connectivity index (χ3v) is 8.64. The van der Waals surface area contributed by atoms with Crippen LogP contribution in [0.15, 0.2) is 0 Å². The molecule has 0 heterocycles. The van der Waals surface area contributed by atoms with Crippen LogP contribution >= 0.6 is 0 Å². The molecule has 0 aromatic carbocycles. The summed E-state index contributed by atoms with van der Waals surface area (Å²) in [6, 6.07) is 0.270. The first kappa shape index (κ1) is 15.4. The van der Waals surface area contributed by atoms with E-state index in [4.69, 9.17) is 5.73 Å². The smallest absolute Gasteiger partial charge is 0.0582 e. The van der Waals surface area contributed by atoms with Crippen molar-refractivity contribution >= 4 is 0 Å². The second-order valence-electron chi connectivity index (χ2n) is 9.47. The lowest BCUT2D eigenvalue weighted by Gasteiger charge is -2.62. The molecule has 4 fully saturated rings. The van der Waals surface area contributed by atoms with Crippen molar-refractivity contribution in [2.45, 2.75) is 83.5 Å². The molecule has 9 atom stereocenters. The van der Waals surface area contributed by atoms with Crippen LogP contribution in [0.2, 0.25) is 0 Å². The first-order valence-corrected chi connectivity index (χ1v) is 9.48. The first-order chi connectivity index (χ1) is 10.4. The lowest BCUT2D eigenvalue weighted by atomic mass is 9.44. The van der Waals surface area contributed by atoms with Gasteiger partial charge in [-0.3, -0.25) is 0 Å². The van der Waals surface area contributed by atoms with Crippen LogP contribution in [0.25, 0.3) is 0 Å². The van der Waals surface area contributed by atoms with Gasteiger partial charge in [-0.25, -0.2) is 0 Å². The van der Waals surface area contributed by atoms with Crippen molar-refractivity contribution in [1.29, 1.82) is 0 Å². The van der Waals surface area contributed by atoms with Gasteiger partial charge in [-0.1, -0.05) is 13.8 Å². The van der Waals surface area contributed by atoms with Gasteiger partial charge < -0.3 is 15.9 Å². The zero-order valence-corrected chi connectivity index (χ0v) is 14.2. The summed E-state index contributed by atoms with van der Waals surface area (Å²) in [7, 11) is 0. The molecule has 2 unspecified atom stereocenters.